The molecule has 35 heavy (non-hydrogen) atoms. The Morgan fingerprint density at radius 3 is 2.66 bits per heavy atom. The summed E-state index contributed by atoms with van der Waals surface area (Å²) in [6.45, 7) is 4.42. The van der Waals surface area contributed by atoms with Crippen molar-refractivity contribution < 1.29 is 14.4 Å². The van der Waals surface area contributed by atoms with E-state index in [2.05, 4.69) is 40.3 Å². The molecule has 0 fully saturated rings. The zero-order chi connectivity index (χ0) is 24.7. The molecule has 0 spiro atoms. The molecule has 0 radical (unpaired) electrons. The SMILES string of the molecule is COc1cc([C@@H]2Nc3c([N+](=O)[O-])cc(C)c(C)c3[C@H]3C=CC[C@H]32)cc(Br)c1OCc1ccccc1. The van der Waals surface area contributed by atoms with Crippen molar-refractivity contribution in [3.05, 3.63) is 103 Å². The third-order valence-corrected chi connectivity index (χ3v) is 7.77. The van der Waals surface area contributed by atoms with Gasteiger partial charge in [-0.15, -0.1) is 0 Å². The standard InChI is InChI=1S/C28H27BrN2O4/c1-16-12-23(31(32)33)27-25(17(16)2)20-10-7-11-21(20)26(30-27)19-13-22(29)28(24(14-19)34-3)35-15-18-8-5-4-6-9-18/h4-10,12-14,20-21,26,30H,11,15H2,1-3H3/t20-,21+,26-/m0/s1. The van der Waals surface area contributed by atoms with Crippen LogP contribution in [0.1, 0.15) is 46.2 Å². The number of allylic oxidation sites excluding steroid dienone is 2. The number of nitrogens with zero attached hydrogens (tertiary/aromatic N) is 1. The van der Waals surface area contributed by atoms with Crippen molar-refractivity contribution in [2.75, 3.05) is 12.4 Å². The number of nitro benzene ring substituents is 1. The van der Waals surface area contributed by atoms with E-state index in [9.17, 15) is 10.1 Å². The first-order valence-corrected chi connectivity index (χ1v) is 12.4. The molecule has 1 N–H and O–H groups in total. The number of ether oxygens (including phenoxy) is 2. The molecule has 0 unspecified atom stereocenters. The molecular weight excluding hydrogens is 508 g/mol. The highest BCUT2D eigenvalue weighted by molar-refractivity contribution is 9.10. The Labute approximate surface area is 213 Å². The summed E-state index contributed by atoms with van der Waals surface area (Å²) in [7, 11) is 1.63. The van der Waals surface area contributed by atoms with E-state index in [1.54, 1.807) is 13.2 Å². The number of hydrogen-bond donors (Lipinski definition) is 1. The van der Waals surface area contributed by atoms with Crippen LogP contribution in [-0.4, -0.2) is 12.0 Å². The Morgan fingerprint density at radius 1 is 1.17 bits per heavy atom. The van der Waals surface area contributed by atoms with Gasteiger partial charge in [0.25, 0.3) is 5.69 Å². The summed E-state index contributed by atoms with van der Waals surface area (Å²) in [6.07, 6.45) is 5.29. The van der Waals surface area contributed by atoms with E-state index in [1.165, 1.54) is 0 Å². The van der Waals surface area contributed by atoms with Crippen molar-refractivity contribution in [3.8, 4) is 11.5 Å². The Kier molecular flexibility index (Phi) is 6.28. The van der Waals surface area contributed by atoms with Crippen LogP contribution in [0.3, 0.4) is 0 Å². The fourth-order valence-corrected chi connectivity index (χ4v) is 5.92. The molecule has 5 rings (SSSR count). The van der Waals surface area contributed by atoms with Crippen molar-refractivity contribution in [2.24, 2.45) is 5.92 Å². The molecule has 180 valence electrons. The number of hydrogen-bond acceptors (Lipinski definition) is 5. The van der Waals surface area contributed by atoms with Gasteiger partial charge >= 0.3 is 0 Å². The molecule has 0 amide bonds. The molecule has 1 aliphatic carbocycles. The summed E-state index contributed by atoms with van der Waals surface area (Å²) in [5, 5.41) is 15.5. The first-order chi connectivity index (χ1) is 16.9. The lowest BCUT2D eigenvalue weighted by atomic mass is 9.74. The number of nitrogens with one attached hydrogen (secondary N) is 1. The minimum absolute atomic E-state index is 0.114. The lowest BCUT2D eigenvalue weighted by Crippen LogP contribution is -2.30. The maximum Gasteiger partial charge on any atom is 0.292 e. The van der Waals surface area contributed by atoms with Gasteiger partial charge in [0.2, 0.25) is 0 Å². The summed E-state index contributed by atoms with van der Waals surface area (Å²) >= 11 is 3.69. The van der Waals surface area contributed by atoms with Crippen molar-refractivity contribution in [1.82, 2.24) is 0 Å². The van der Waals surface area contributed by atoms with Gasteiger partial charge in [-0.3, -0.25) is 10.1 Å². The van der Waals surface area contributed by atoms with Gasteiger partial charge < -0.3 is 14.8 Å². The Bertz CT molecular complexity index is 1320. The molecule has 6 nitrogen and oxygen atoms in total. The predicted molar refractivity (Wildman–Crippen MR) is 140 cm³/mol. The highest BCUT2D eigenvalue weighted by Gasteiger charge is 2.42. The van der Waals surface area contributed by atoms with Crippen molar-refractivity contribution in [2.45, 2.75) is 38.8 Å². The number of nitro groups is 1. The first kappa shape index (κ1) is 23.4. The van der Waals surface area contributed by atoms with Crippen LogP contribution < -0.4 is 14.8 Å². The summed E-state index contributed by atoms with van der Waals surface area (Å²) in [4.78, 5) is 11.7. The van der Waals surface area contributed by atoms with Gasteiger partial charge in [0.1, 0.15) is 12.3 Å². The highest BCUT2D eigenvalue weighted by atomic mass is 79.9. The smallest absolute Gasteiger partial charge is 0.292 e. The van der Waals surface area contributed by atoms with E-state index in [-0.39, 0.29) is 28.5 Å². The number of halogens is 1. The molecule has 3 atom stereocenters. The first-order valence-electron chi connectivity index (χ1n) is 11.6. The third kappa shape index (κ3) is 4.18. The van der Waals surface area contributed by atoms with Crippen molar-refractivity contribution in [1.29, 1.82) is 0 Å². The molecule has 2 aliphatic rings. The average Bonchev–Trinajstić information content (AvgIpc) is 3.34. The van der Waals surface area contributed by atoms with Crippen LogP contribution in [0.5, 0.6) is 11.5 Å². The second-order valence-corrected chi connectivity index (χ2v) is 10.0. The molecule has 3 aromatic rings. The van der Waals surface area contributed by atoms with Crippen molar-refractivity contribution >= 4 is 27.3 Å². The van der Waals surface area contributed by atoms with Crippen LogP contribution in [0.25, 0.3) is 0 Å². The van der Waals surface area contributed by atoms with E-state index in [4.69, 9.17) is 9.47 Å². The van der Waals surface area contributed by atoms with Gasteiger partial charge in [-0.05, 0) is 82.1 Å². The van der Waals surface area contributed by atoms with Crippen molar-refractivity contribution in [3.63, 3.8) is 0 Å². The molecule has 0 saturated heterocycles. The number of rotatable bonds is 6. The van der Waals surface area contributed by atoms with Gasteiger partial charge in [0.05, 0.1) is 22.5 Å². The minimum Gasteiger partial charge on any atom is -0.493 e. The molecular formula is C28H27BrN2O4. The molecule has 3 aromatic carbocycles. The number of methoxy groups -OCH3 is 1. The second kappa shape index (κ2) is 9.38. The lowest BCUT2D eigenvalue weighted by Gasteiger charge is -2.38. The second-order valence-electron chi connectivity index (χ2n) is 9.17. The Balaban J connectivity index is 1.54. The molecule has 0 aromatic heterocycles. The molecule has 1 aliphatic heterocycles. The number of anilines is 1. The number of benzene rings is 3. The van der Waals surface area contributed by atoms with Crippen LogP contribution in [0, 0.1) is 29.9 Å². The van der Waals surface area contributed by atoms with Crippen LogP contribution in [0.2, 0.25) is 0 Å². The van der Waals surface area contributed by atoms with Crippen LogP contribution in [0.4, 0.5) is 11.4 Å². The van der Waals surface area contributed by atoms with Gasteiger partial charge in [-0.2, -0.15) is 0 Å². The van der Waals surface area contributed by atoms with Gasteiger partial charge in [0, 0.05) is 12.0 Å². The largest absolute Gasteiger partial charge is 0.493 e. The van der Waals surface area contributed by atoms with Gasteiger partial charge in [-0.1, -0.05) is 42.5 Å². The van der Waals surface area contributed by atoms with Crippen LogP contribution in [-0.2, 0) is 6.61 Å². The van der Waals surface area contributed by atoms with Gasteiger partial charge in [-0.25, -0.2) is 0 Å². The normalized spacial score (nSPS) is 20.1. The monoisotopic (exact) mass is 534 g/mol. The summed E-state index contributed by atoms with van der Waals surface area (Å²) in [5.74, 6) is 1.62. The zero-order valence-corrected chi connectivity index (χ0v) is 21.5. The van der Waals surface area contributed by atoms with E-state index >= 15 is 0 Å². The van der Waals surface area contributed by atoms with E-state index in [1.807, 2.05) is 49.4 Å². The quantitative estimate of drug-likeness (QED) is 0.202. The molecule has 7 heteroatoms. The van der Waals surface area contributed by atoms with Crippen LogP contribution in [0.15, 0.2) is 65.2 Å². The lowest BCUT2D eigenvalue weighted by molar-refractivity contribution is -0.384. The summed E-state index contributed by atoms with van der Waals surface area (Å²) in [6, 6.07) is 15.5. The summed E-state index contributed by atoms with van der Waals surface area (Å²) < 4.78 is 12.6. The fraction of sp³-hybridized carbons (Fsp3) is 0.286. The molecule has 0 saturated carbocycles. The maximum atomic E-state index is 12.0. The van der Waals surface area contributed by atoms with E-state index in [0.717, 1.165) is 38.7 Å². The minimum atomic E-state index is -0.286. The van der Waals surface area contributed by atoms with Gasteiger partial charge in [0.15, 0.2) is 11.5 Å². The van der Waals surface area contributed by atoms with E-state index < -0.39 is 0 Å². The molecule has 0 bridgehead atoms. The third-order valence-electron chi connectivity index (χ3n) is 7.18. The number of aryl methyl sites for hydroxylation is 1. The Morgan fingerprint density at radius 2 is 1.94 bits per heavy atom. The molecule has 1 heterocycles. The van der Waals surface area contributed by atoms with E-state index in [0.29, 0.717) is 23.8 Å². The Hall–Kier alpha value is -3.32. The van der Waals surface area contributed by atoms with Crippen LogP contribution >= 0.6 is 15.9 Å². The predicted octanol–water partition coefficient (Wildman–Crippen LogP) is 7.39. The fourth-order valence-electron chi connectivity index (χ4n) is 5.34. The number of fused-ring (bicyclic) bond motifs is 3. The maximum absolute atomic E-state index is 12.0. The zero-order valence-electron chi connectivity index (χ0n) is 19.9. The summed E-state index contributed by atoms with van der Waals surface area (Å²) in [5.41, 5.74) is 5.91. The topological polar surface area (TPSA) is 73.6 Å². The average molecular weight is 535 g/mol. The highest BCUT2D eigenvalue weighted by Crippen LogP contribution is 2.54.